The second-order valence-electron chi connectivity index (χ2n) is 5.67. The van der Waals surface area contributed by atoms with Crippen molar-refractivity contribution < 1.29 is 0 Å². The molecule has 3 nitrogen and oxygen atoms in total. The second-order valence-corrected chi connectivity index (χ2v) is 10.6. The van der Waals surface area contributed by atoms with Crippen molar-refractivity contribution in [2.75, 3.05) is 0 Å². The van der Waals surface area contributed by atoms with E-state index in [-0.39, 0.29) is 0 Å². The first kappa shape index (κ1) is 10.7. The van der Waals surface area contributed by atoms with Gasteiger partial charge in [-0.25, -0.2) is 4.68 Å². The highest BCUT2D eigenvalue weighted by atomic mass is 28.3. The van der Waals surface area contributed by atoms with Crippen LogP contribution in [0.1, 0.15) is 5.56 Å². The number of hydrogen-bond donors (Lipinski definition) is 0. The molecule has 2 aromatic rings. The minimum Gasteiger partial charge on any atom is -0.244 e. The molecule has 0 atom stereocenters. The van der Waals surface area contributed by atoms with Gasteiger partial charge in [-0.2, -0.15) is 0 Å². The maximum absolute atomic E-state index is 4.44. The van der Waals surface area contributed by atoms with Crippen molar-refractivity contribution in [3.63, 3.8) is 0 Å². The molecule has 0 aliphatic carbocycles. The van der Waals surface area contributed by atoms with Gasteiger partial charge in [-0.3, -0.25) is 0 Å². The summed E-state index contributed by atoms with van der Waals surface area (Å²) in [5, 5.41) is 10.0. The third kappa shape index (κ3) is 1.63. The molecular formula is C13H17N3Si. The Morgan fingerprint density at radius 3 is 2.71 bits per heavy atom. The summed E-state index contributed by atoms with van der Waals surface area (Å²) in [6, 6.07) is 8.65. The fourth-order valence-electron chi connectivity index (χ4n) is 2.44. The van der Waals surface area contributed by atoms with Crippen molar-refractivity contribution in [1.82, 2.24) is 15.0 Å². The van der Waals surface area contributed by atoms with E-state index in [9.17, 15) is 0 Å². The maximum Gasteiger partial charge on any atom is 0.107 e. The molecule has 1 aliphatic rings. The Bertz CT molecular complexity index is 566. The molecule has 0 saturated heterocycles. The molecular weight excluding hydrogens is 226 g/mol. The van der Waals surface area contributed by atoms with Crippen molar-refractivity contribution >= 4 is 13.4 Å². The van der Waals surface area contributed by atoms with Gasteiger partial charge < -0.3 is 0 Å². The summed E-state index contributed by atoms with van der Waals surface area (Å²) in [5.41, 5.74) is 4.04. The van der Waals surface area contributed by atoms with Crippen molar-refractivity contribution in [2.45, 2.75) is 32.6 Å². The van der Waals surface area contributed by atoms with Crippen LogP contribution < -0.4 is 5.32 Å². The van der Waals surface area contributed by atoms with Crippen LogP contribution in [0.5, 0.6) is 0 Å². The predicted molar refractivity (Wildman–Crippen MR) is 72.1 cm³/mol. The lowest BCUT2D eigenvalue weighted by Gasteiger charge is -2.21. The SMILES string of the molecule is C[Si](C)(C)c1nnn2c1-c1ccccc1CC2. The Balaban J connectivity index is 2.27. The third-order valence-corrected chi connectivity index (χ3v) is 5.07. The molecule has 1 aromatic heterocycles. The van der Waals surface area contributed by atoms with Crippen LogP contribution in [-0.4, -0.2) is 23.1 Å². The lowest BCUT2D eigenvalue weighted by molar-refractivity contribution is 0.583. The summed E-state index contributed by atoms with van der Waals surface area (Å²) >= 11 is 0. The van der Waals surface area contributed by atoms with E-state index in [0.29, 0.717) is 0 Å². The minimum atomic E-state index is -1.42. The normalized spacial score (nSPS) is 14.3. The van der Waals surface area contributed by atoms with E-state index >= 15 is 0 Å². The molecule has 2 heterocycles. The second kappa shape index (κ2) is 3.53. The molecule has 0 spiro atoms. The topological polar surface area (TPSA) is 30.7 Å². The Morgan fingerprint density at radius 2 is 1.94 bits per heavy atom. The van der Waals surface area contributed by atoms with Crippen LogP contribution >= 0.6 is 0 Å². The highest BCUT2D eigenvalue weighted by Gasteiger charge is 2.29. The van der Waals surface area contributed by atoms with Crippen LogP contribution in [0, 0.1) is 0 Å². The molecule has 0 fully saturated rings. The van der Waals surface area contributed by atoms with Crippen molar-refractivity contribution in [2.24, 2.45) is 0 Å². The van der Waals surface area contributed by atoms with Crippen LogP contribution in [0.25, 0.3) is 11.3 Å². The van der Waals surface area contributed by atoms with E-state index in [4.69, 9.17) is 0 Å². The van der Waals surface area contributed by atoms with E-state index in [1.165, 1.54) is 22.1 Å². The number of aryl methyl sites for hydroxylation is 2. The van der Waals surface area contributed by atoms with Crippen molar-refractivity contribution in [3.05, 3.63) is 29.8 Å². The molecule has 1 aliphatic heterocycles. The first-order chi connectivity index (χ1) is 8.07. The zero-order valence-corrected chi connectivity index (χ0v) is 11.6. The van der Waals surface area contributed by atoms with Crippen LogP contribution in [0.3, 0.4) is 0 Å². The van der Waals surface area contributed by atoms with Crippen molar-refractivity contribution in [3.8, 4) is 11.3 Å². The van der Waals surface area contributed by atoms with Crippen molar-refractivity contribution in [1.29, 1.82) is 0 Å². The fourth-order valence-corrected chi connectivity index (χ4v) is 3.76. The Morgan fingerprint density at radius 1 is 1.18 bits per heavy atom. The summed E-state index contributed by atoms with van der Waals surface area (Å²) in [6.45, 7) is 7.95. The molecule has 4 heteroatoms. The maximum atomic E-state index is 4.44. The predicted octanol–water partition coefficient (Wildman–Crippen LogP) is 2.05. The van der Waals surface area contributed by atoms with Gasteiger partial charge in [0.2, 0.25) is 0 Å². The average Bonchev–Trinajstić information content (AvgIpc) is 2.72. The quantitative estimate of drug-likeness (QED) is 0.718. The van der Waals surface area contributed by atoms with Gasteiger partial charge in [-0.05, 0) is 12.0 Å². The van der Waals surface area contributed by atoms with E-state index in [1.807, 2.05) is 0 Å². The van der Waals surface area contributed by atoms with Gasteiger partial charge in [-0.15, -0.1) is 5.10 Å². The summed E-state index contributed by atoms with van der Waals surface area (Å²) < 4.78 is 2.08. The number of fused-ring (bicyclic) bond motifs is 3. The molecule has 88 valence electrons. The largest absolute Gasteiger partial charge is 0.244 e. The lowest BCUT2D eigenvalue weighted by Crippen LogP contribution is -2.40. The van der Waals surface area contributed by atoms with E-state index in [0.717, 1.165) is 13.0 Å². The molecule has 0 amide bonds. The Labute approximate surface area is 102 Å². The first-order valence-corrected chi connectivity index (χ1v) is 9.59. The molecule has 0 N–H and O–H groups in total. The fraction of sp³-hybridized carbons (Fsp3) is 0.385. The highest BCUT2D eigenvalue weighted by molar-refractivity contribution is 6.89. The van der Waals surface area contributed by atoms with Gasteiger partial charge in [0.25, 0.3) is 0 Å². The number of aromatic nitrogens is 3. The summed E-state index contributed by atoms with van der Waals surface area (Å²) in [5.74, 6) is 0. The minimum absolute atomic E-state index is 0.962. The van der Waals surface area contributed by atoms with Crippen LogP contribution in [-0.2, 0) is 13.0 Å². The van der Waals surface area contributed by atoms with Gasteiger partial charge in [0.05, 0.1) is 11.0 Å². The zero-order chi connectivity index (χ0) is 12.0. The van der Waals surface area contributed by atoms with Gasteiger partial charge >= 0.3 is 0 Å². The third-order valence-electron chi connectivity index (χ3n) is 3.31. The van der Waals surface area contributed by atoms with Gasteiger partial charge in [0.15, 0.2) is 0 Å². The number of benzene rings is 1. The molecule has 17 heavy (non-hydrogen) atoms. The monoisotopic (exact) mass is 243 g/mol. The molecule has 3 rings (SSSR count). The Kier molecular flexibility index (Phi) is 2.23. The summed E-state index contributed by atoms with van der Waals surface area (Å²) in [4.78, 5) is 0. The first-order valence-electron chi connectivity index (χ1n) is 6.09. The number of nitrogens with zero attached hydrogens (tertiary/aromatic N) is 3. The molecule has 0 bridgehead atoms. The van der Waals surface area contributed by atoms with Gasteiger partial charge in [0, 0.05) is 12.1 Å². The molecule has 0 saturated carbocycles. The smallest absolute Gasteiger partial charge is 0.107 e. The molecule has 1 aromatic carbocycles. The molecule has 0 radical (unpaired) electrons. The summed E-state index contributed by atoms with van der Waals surface area (Å²) in [6.07, 6.45) is 1.07. The van der Waals surface area contributed by atoms with Crippen LogP contribution in [0.4, 0.5) is 0 Å². The number of hydrogen-bond acceptors (Lipinski definition) is 2. The molecule has 0 unspecified atom stereocenters. The van der Waals surface area contributed by atoms with Gasteiger partial charge in [-0.1, -0.05) is 49.1 Å². The van der Waals surface area contributed by atoms with Crippen LogP contribution in [0.2, 0.25) is 19.6 Å². The van der Waals surface area contributed by atoms with E-state index < -0.39 is 8.07 Å². The standard InChI is InChI=1S/C13H17N3Si/c1-17(2,3)13-12-11-7-5-4-6-10(11)8-9-16(12)15-14-13/h4-7H,8-9H2,1-3H3. The van der Waals surface area contributed by atoms with E-state index in [2.05, 4.69) is 58.9 Å². The lowest BCUT2D eigenvalue weighted by atomic mass is 9.99. The average molecular weight is 243 g/mol. The number of rotatable bonds is 1. The van der Waals surface area contributed by atoms with E-state index in [1.54, 1.807) is 0 Å². The summed E-state index contributed by atoms with van der Waals surface area (Å²) in [7, 11) is -1.42. The van der Waals surface area contributed by atoms with Crippen LogP contribution in [0.15, 0.2) is 24.3 Å². The zero-order valence-electron chi connectivity index (χ0n) is 10.6. The van der Waals surface area contributed by atoms with Gasteiger partial charge in [0.1, 0.15) is 8.07 Å². The highest BCUT2D eigenvalue weighted by Crippen LogP contribution is 2.28. The Hall–Kier alpha value is -1.42.